The highest BCUT2D eigenvalue weighted by atomic mass is 16.5. The number of fused-ring (bicyclic) bond motifs is 1. The topological polar surface area (TPSA) is 29.5 Å². The molecule has 0 unspecified atom stereocenters. The molecule has 0 radical (unpaired) electrons. The first-order valence-corrected chi connectivity index (χ1v) is 9.15. The Bertz CT molecular complexity index is 745. The molecule has 0 aliphatic carbocycles. The van der Waals surface area contributed by atoms with Crippen LogP contribution in [0.5, 0.6) is 0 Å². The Hall–Kier alpha value is -2.13. The maximum atomic E-state index is 13.1. The average Bonchev–Trinajstić information content (AvgIpc) is 3.20. The van der Waals surface area contributed by atoms with Gasteiger partial charge in [0.15, 0.2) is 0 Å². The maximum absolute atomic E-state index is 13.1. The third kappa shape index (κ3) is 2.41. The third-order valence-electron chi connectivity index (χ3n) is 6.15. The van der Waals surface area contributed by atoms with Crippen molar-refractivity contribution >= 4 is 5.97 Å². The van der Waals surface area contributed by atoms with Crippen LogP contribution in [0, 0.1) is 0 Å². The molecule has 0 spiro atoms. The molecule has 0 N–H and O–H groups in total. The van der Waals surface area contributed by atoms with Gasteiger partial charge in [-0.25, -0.2) is 0 Å². The average molecular weight is 335 g/mol. The van der Waals surface area contributed by atoms with Gasteiger partial charge >= 0.3 is 5.97 Å². The van der Waals surface area contributed by atoms with Crippen molar-refractivity contribution < 1.29 is 9.53 Å². The van der Waals surface area contributed by atoms with Crippen molar-refractivity contribution in [1.29, 1.82) is 0 Å². The lowest BCUT2D eigenvalue weighted by Gasteiger charge is -2.38. The highest BCUT2D eigenvalue weighted by Gasteiger charge is 2.63. The van der Waals surface area contributed by atoms with Crippen LogP contribution in [0.15, 0.2) is 60.7 Å². The highest BCUT2D eigenvalue weighted by molar-refractivity contribution is 5.84. The standard InChI is InChI=1S/C22H25NO2/c1-16-15-19(17-9-5-3-6-10-17)22(21(24)25-2)14-13-20(23(16)22)18-11-7-4-8-12-18/h3-12,16,19-20H,13-15H2,1-2H3/t16-,19+,20-,22-/m0/s1. The summed E-state index contributed by atoms with van der Waals surface area (Å²) < 4.78 is 5.34. The van der Waals surface area contributed by atoms with E-state index in [1.165, 1.54) is 18.2 Å². The first-order chi connectivity index (χ1) is 12.2. The van der Waals surface area contributed by atoms with Gasteiger partial charge in [-0.3, -0.25) is 9.69 Å². The van der Waals surface area contributed by atoms with E-state index in [1.807, 2.05) is 12.1 Å². The van der Waals surface area contributed by atoms with Crippen LogP contribution < -0.4 is 0 Å². The van der Waals surface area contributed by atoms with Crippen LogP contribution >= 0.6 is 0 Å². The Labute approximate surface area is 149 Å². The molecule has 2 heterocycles. The quantitative estimate of drug-likeness (QED) is 0.783. The van der Waals surface area contributed by atoms with Gasteiger partial charge in [0.1, 0.15) is 5.54 Å². The number of carbonyl (C=O) groups excluding carboxylic acids is 1. The Balaban J connectivity index is 1.80. The summed E-state index contributed by atoms with van der Waals surface area (Å²) in [5, 5.41) is 0. The zero-order valence-electron chi connectivity index (χ0n) is 14.9. The maximum Gasteiger partial charge on any atom is 0.326 e. The predicted octanol–water partition coefficient (Wildman–Crippen LogP) is 4.31. The molecule has 0 amide bonds. The van der Waals surface area contributed by atoms with Crippen molar-refractivity contribution in [3.8, 4) is 0 Å². The number of nitrogens with zero attached hydrogens (tertiary/aromatic N) is 1. The van der Waals surface area contributed by atoms with Gasteiger partial charge in [0, 0.05) is 18.0 Å². The number of hydrogen-bond donors (Lipinski definition) is 0. The van der Waals surface area contributed by atoms with E-state index in [2.05, 4.69) is 60.4 Å². The minimum absolute atomic E-state index is 0.0795. The Morgan fingerprint density at radius 2 is 1.64 bits per heavy atom. The predicted molar refractivity (Wildman–Crippen MR) is 98.3 cm³/mol. The van der Waals surface area contributed by atoms with Gasteiger partial charge in [-0.2, -0.15) is 0 Å². The summed E-state index contributed by atoms with van der Waals surface area (Å²) in [6, 6.07) is 21.7. The van der Waals surface area contributed by atoms with Crippen LogP contribution in [-0.4, -0.2) is 29.6 Å². The number of carbonyl (C=O) groups is 1. The number of methoxy groups -OCH3 is 1. The molecule has 2 aliphatic heterocycles. The summed E-state index contributed by atoms with van der Waals surface area (Å²) in [5.41, 5.74) is 2.00. The Kier molecular flexibility index (Phi) is 4.12. The van der Waals surface area contributed by atoms with Crippen molar-refractivity contribution in [3.63, 3.8) is 0 Å². The first-order valence-electron chi connectivity index (χ1n) is 9.15. The minimum atomic E-state index is -0.546. The Morgan fingerprint density at radius 1 is 1.04 bits per heavy atom. The van der Waals surface area contributed by atoms with Gasteiger partial charge in [-0.15, -0.1) is 0 Å². The van der Waals surface area contributed by atoms with Gasteiger partial charge in [-0.1, -0.05) is 60.7 Å². The number of ether oxygens (including phenoxy) is 1. The van der Waals surface area contributed by atoms with Crippen LogP contribution in [-0.2, 0) is 9.53 Å². The highest BCUT2D eigenvalue weighted by Crippen LogP contribution is 2.57. The number of esters is 1. The van der Waals surface area contributed by atoms with E-state index in [-0.39, 0.29) is 17.9 Å². The fourth-order valence-electron chi connectivity index (χ4n) is 5.23. The van der Waals surface area contributed by atoms with Crippen LogP contribution in [0.25, 0.3) is 0 Å². The van der Waals surface area contributed by atoms with Gasteiger partial charge < -0.3 is 4.74 Å². The second kappa shape index (κ2) is 6.30. The Morgan fingerprint density at radius 3 is 2.24 bits per heavy atom. The van der Waals surface area contributed by atoms with E-state index in [4.69, 9.17) is 4.74 Å². The lowest BCUT2D eigenvalue weighted by Crippen LogP contribution is -2.52. The SMILES string of the molecule is COC(=O)[C@@]12CC[C@@H](c3ccccc3)N1[C@@H](C)C[C@@H]2c1ccccc1. The molecule has 4 atom stereocenters. The summed E-state index contributed by atoms with van der Waals surface area (Å²) in [6.07, 6.45) is 2.83. The van der Waals surface area contributed by atoms with E-state index in [1.54, 1.807) is 0 Å². The zero-order valence-corrected chi connectivity index (χ0v) is 14.9. The molecule has 2 fully saturated rings. The lowest BCUT2D eigenvalue weighted by atomic mass is 9.78. The molecule has 2 aromatic rings. The number of rotatable bonds is 3. The normalized spacial score (nSPS) is 31.7. The van der Waals surface area contributed by atoms with Gasteiger partial charge in [-0.05, 0) is 37.3 Å². The molecule has 3 nitrogen and oxygen atoms in total. The molecule has 0 bridgehead atoms. The monoisotopic (exact) mass is 335 g/mol. The minimum Gasteiger partial charge on any atom is -0.468 e. The molecule has 3 heteroatoms. The van der Waals surface area contributed by atoms with Crippen molar-refractivity contribution in [3.05, 3.63) is 71.8 Å². The van der Waals surface area contributed by atoms with E-state index in [0.717, 1.165) is 19.3 Å². The summed E-state index contributed by atoms with van der Waals surface area (Å²) in [7, 11) is 1.52. The molecule has 2 aromatic carbocycles. The number of hydrogen-bond acceptors (Lipinski definition) is 3. The summed E-state index contributed by atoms with van der Waals surface area (Å²) in [5.74, 6) is 0.106. The second-order valence-corrected chi connectivity index (χ2v) is 7.34. The van der Waals surface area contributed by atoms with E-state index < -0.39 is 5.54 Å². The first kappa shape index (κ1) is 16.3. The molecule has 2 saturated heterocycles. The smallest absolute Gasteiger partial charge is 0.326 e. The molecule has 25 heavy (non-hydrogen) atoms. The van der Waals surface area contributed by atoms with Crippen LogP contribution in [0.4, 0.5) is 0 Å². The van der Waals surface area contributed by atoms with Crippen molar-refractivity contribution in [2.75, 3.05) is 7.11 Å². The van der Waals surface area contributed by atoms with Crippen molar-refractivity contribution in [2.24, 2.45) is 0 Å². The molecule has 0 saturated carbocycles. The summed E-state index contributed by atoms with van der Waals surface area (Å²) >= 11 is 0. The fraction of sp³-hybridized carbons (Fsp3) is 0.409. The van der Waals surface area contributed by atoms with Crippen molar-refractivity contribution in [2.45, 2.75) is 49.7 Å². The molecule has 4 rings (SSSR count). The van der Waals surface area contributed by atoms with Gasteiger partial charge in [0.25, 0.3) is 0 Å². The van der Waals surface area contributed by atoms with E-state index in [9.17, 15) is 4.79 Å². The molecule has 2 aliphatic rings. The van der Waals surface area contributed by atoms with E-state index >= 15 is 0 Å². The summed E-state index contributed by atoms with van der Waals surface area (Å²) in [6.45, 7) is 2.25. The van der Waals surface area contributed by atoms with Crippen LogP contribution in [0.1, 0.15) is 49.3 Å². The largest absolute Gasteiger partial charge is 0.468 e. The van der Waals surface area contributed by atoms with Crippen molar-refractivity contribution in [1.82, 2.24) is 4.90 Å². The molecule has 0 aromatic heterocycles. The van der Waals surface area contributed by atoms with E-state index in [0.29, 0.717) is 6.04 Å². The molecular weight excluding hydrogens is 310 g/mol. The van der Waals surface area contributed by atoms with Crippen LogP contribution in [0.3, 0.4) is 0 Å². The third-order valence-corrected chi connectivity index (χ3v) is 6.15. The van der Waals surface area contributed by atoms with Gasteiger partial charge in [0.05, 0.1) is 7.11 Å². The van der Waals surface area contributed by atoms with Gasteiger partial charge in [0.2, 0.25) is 0 Å². The second-order valence-electron chi connectivity index (χ2n) is 7.34. The fourth-order valence-corrected chi connectivity index (χ4v) is 5.23. The number of benzene rings is 2. The molecular formula is C22H25NO2. The van der Waals surface area contributed by atoms with Crippen LogP contribution in [0.2, 0.25) is 0 Å². The lowest BCUT2D eigenvalue weighted by molar-refractivity contribution is -0.154. The zero-order chi connectivity index (χ0) is 17.4. The molecule has 130 valence electrons. The summed E-state index contributed by atoms with van der Waals surface area (Å²) in [4.78, 5) is 15.5.